The van der Waals surface area contributed by atoms with E-state index in [1.165, 1.54) is 4.90 Å². The number of nitrogens with zero attached hydrogens (tertiary/aromatic N) is 1. The molecule has 1 amide bonds. The van der Waals surface area contributed by atoms with Crippen molar-refractivity contribution in [3.05, 3.63) is 18.2 Å². The molecule has 108 valence electrons. The topological polar surface area (TPSA) is 81.9 Å². The van der Waals surface area contributed by atoms with Crippen LogP contribution in [0.4, 0.5) is 11.4 Å². The first-order valence-corrected chi connectivity index (χ1v) is 6.60. The maximum absolute atomic E-state index is 12.2. The van der Waals surface area contributed by atoms with Crippen molar-refractivity contribution in [2.75, 3.05) is 23.8 Å². The summed E-state index contributed by atoms with van der Waals surface area (Å²) in [5.74, 6) is -0.220. The lowest BCUT2D eigenvalue weighted by Gasteiger charge is -2.34. The molecule has 0 aliphatic carbocycles. The maximum atomic E-state index is 12.2. The van der Waals surface area contributed by atoms with E-state index in [2.05, 4.69) is 0 Å². The molecule has 1 aliphatic rings. The Labute approximate surface area is 117 Å². The number of amides is 1. The van der Waals surface area contributed by atoms with Crippen LogP contribution in [0.5, 0.6) is 5.75 Å². The Bertz CT molecular complexity index is 530. The number of anilines is 2. The van der Waals surface area contributed by atoms with Gasteiger partial charge in [0.1, 0.15) is 17.5 Å². The van der Waals surface area contributed by atoms with Crippen molar-refractivity contribution in [3.8, 4) is 5.75 Å². The van der Waals surface area contributed by atoms with Crippen LogP contribution in [0.3, 0.4) is 0 Å². The summed E-state index contributed by atoms with van der Waals surface area (Å²) in [6.07, 6.45) is 0.443. The highest BCUT2D eigenvalue weighted by atomic mass is 16.5. The molecule has 0 fully saturated rings. The van der Waals surface area contributed by atoms with Gasteiger partial charge in [-0.3, -0.25) is 9.69 Å². The average molecular weight is 278 g/mol. The van der Waals surface area contributed by atoms with Crippen molar-refractivity contribution >= 4 is 23.3 Å². The van der Waals surface area contributed by atoms with Gasteiger partial charge in [-0.1, -0.05) is 13.0 Å². The maximum Gasteiger partial charge on any atom is 0.329 e. The number of para-hydroxylation sites is 1. The smallest absolute Gasteiger partial charge is 0.329 e. The van der Waals surface area contributed by atoms with Gasteiger partial charge < -0.3 is 15.2 Å². The van der Waals surface area contributed by atoms with Crippen LogP contribution in [0.2, 0.25) is 0 Å². The third-order valence-electron chi connectivity index (χ3n) is 3.15. The van der Waals surface area contributed by atoms with E-state index in [4.69, 9.17) is 15.2 Å². The van der Waals surface area contributed by atoms with Gasteiger partial charge in [0.2, 0.25) is 0 Å². The highest BCUT2D eigenvalue weighted by molar-refractivity contribution is 6.05. The first kappa shape index (κ1) is 14.2. The second-order valence-electron chi connectivity index (χ2n) is 4.42. The summed E-state index contributed by atoms with van der Waals surface area (Å²) in [7, 11) is 0. The fourth-order valence-electron chi connectivity index (χ4n) is 2.27. The van der Waals surface area contributed by atoms with Crippen LogP contribution in [-0.2, 0) is 14.3 Å². The molecule has 1 atom stereocenters. The quantitative estimate of drug-likeness (QED) is 0.664. The number of nitrogens with two attached hydrogens (primary N) is 1. The van der Waals surface area contributed by atoms with Crippen molar-refractivity contribution in [3.63, 3.8) is 0 Å². The predicted octanol–water partition coefficient (Wildman–Crippen LogP) is 1.34. The van der Waals surface area contributed by atoms with Gasteiger partial charge in [0, 0.05) is 0 Å². The number of nitrogen functional groups attached to an aromatic ring is 1. The molecule has 0 saturated carbocycles. The first-order valence-electron chi connectivity index (χ1n) is 6.60. The number of benzene rings is 1. The molecule has 1 heterocycles. The van der Waals surface area contributed by atoms with E-state index in [1.807, 2.05) is 6.92 Å². The number of ether oxygens (including phenoxy) is 2. The monoisotopic (exact) mass is 278 g/mol. The largest absolute Gasteiger partial charge is 0.481 e. The fourth-order valence-corrected chi connectivity index (χ4v) is 2.27. The normalized spacial score (nSPS) is 15.3. The van der Waals surface area contributed by atoms with Gasteiger partial charge in [-0.25, -0.2) is 4.79 Å². The molecule has 0 saturated heterocycles. The van der Waals surface area contributed by atoms with Crippen LogP contribution in [0.1, 0.15) is 20.3 Å². The SMILES string of the molecule is CCOC(=O)C(CC)N1C(=O)COc2cccc(N)c21. The lowest BCUT2D eigenvalue weighted by molar-refractivity contribution is -0.146. The zero-order chi connectivity index (χ0) is 14.7. The summed E-state index contributed by atoms with van der Waals surface area (Å²) in [6.45, 7) is 3.72. The molecule has 1 aromatic rings. The molecule has 2 N–H and O–H groups in total. The third kappa shape index (κ3) is 2.41. The molecule has 0 spiro atoms. The number of hydrogen-bond donors (Lipinski definition) is 1. The van der Waals surface area contributed by atoms with Crippen molar-refractivity contribution in [1.82, 2.24) is 0 Å². The molecular weight excluding hydrogens is 260 g/mol. The van der Waals surface area contributed by atoms with Gasteiger partial charge >= 0.3 is 5.97 Å². The van der Waals surface area contributed by atoms with Gasteiger partial charge in [0.25, 0.3) is 5.91 Å². The van der Waals surface area contributed by atoms with E-state index in [1.54, 1.807) is 25.1 Å². The summed E-state index contributed by atoms with van der Waals surface area (Å²) < 4.78 is 10.4. The van der Waals surface area contributed by atoms with Crippen molar-refractivity contribution < 1.29 is 19.1 Å². The molecule has 20 heavy (non-hydrogen) atoms. The molecule has 2 rings (SSSR count). The summed E-state index contributed by atoms with van der Waals surface area (Å²) in [6, 6.07) is 4.46. The number of hydrogen-bond acceptors (Lipinski definition) is 5. The first-order chi connectivity index (χ1) is 9.60. The van der Waals surface area contributed by atoms with E-state index in [-0.39, 0.29) is 19.1 Å². The van der Waals surface area contributed by atoms with Gasteiger partial charge in [0.15, 0.2) is 6.61 Å². The second-order valence-corrected chi connectivity index (χ2v) is 4.42. The second kappa shape index (κ2) is 5.81. The molecule has 0 bridgehead atoms. The predicted molar refractivity (Wildman–Crippen MR) is 74.5 cm³/mol. The standard InChI is InChI=1S/C14H18N2O4/c1-3-10(14(18)19-4-2)16-12(17)8-20-11-7-5-6-9(15)13(11)16/h5-7,10H,3-4,8,15H2,1-2H3. The van der Waals surface area contributed by atoms with Crippen LogP contribution in [0.15, 0.2) is 18.2 Å². The van der Waals surface area contributed by atoms with Crippen molar-refractivity contribution in [2.24, 2.45) is 0 Å². The summed E-state index contributed by atoms with van der Waals surface area (Å²) >= 11 is 0. The van der Waals surface area contributed by atoms with Gasteiger partial charge in [-0.15, -0.1) is 0 Å². The van der Waals surface area contributed by atoms with Gasteiger partial charge in [-0.05, 0) is 25.5 Å². The number of carbonyl (C=O) groups is 2. The summed E-state index contributed by atoms with van der Waals surface area (Å²) in [5.41, 5.74) is 6.78. The Morgan fingerprint density at radius 2 is 2.25 bits per heavy atom. The van der Waals surface area contributed by atoms with Crippen LogP contribution in [0.25, 0.3) is 0 Å². The molecule has 6 nitrogen and oxygen atoms in total. The minimum atomic E-state index is -0.685. The molecule has 1 aromatic carbocycles. The molecule has 1 aliphatic heterocycles. The average Bonchev–Trinajstić information content (AvgIpc) is 2.43. The number of rotatable bonds is 4. The lowest BCUT2D eigenvalue weighted by Crippen LogP contribution is -2.50. The molecule has 0 radical (unpaired) electrons. The Balaban J connectivity index is 2.44. The highest BCUT2D eigenvalue weighted by Gasteiger charge is 2.36. The van der Waals surface area contributed by atoms with Crippen molar-refractivity contribution in [1.29, 1.82) is 0 Å². The van der Waals surface area contributed by atoms with E-state index in [0.29, 0.717) is 23.5 Å². The van der Waals surface area contributed by atoms with Crippen LogP contribution >= 0.6 is 0 Å². The summed E-state index contributed by atoms with van der Waals surface area (Å²) in [5, 5.41) is 0. The molecule has 0 aromatic heterocycles. The van der Waals surface area contributed by atoms with E-state index in [9.17, 15) is 9.59 Å². The van der Waals surface area contributed by atoms with E-state index >= 15 is 0 Å². The Hall–Kier alpha value is -2.24. The molecular formula is C14H18N2O4. The van der Waals surface area contributed by atoms with Gasteiger partial charge in [0.05, 0.1) is 12.3 Å². The minimum Gasteiger partial charge on any atom is -0.481 e. The third-order valence-corrected chi connectivity index (χ3v) is 3.15. The van der Waals surface area contributed by atoms with Crippen LogP contribution in [-0.4, -0.2) is 31.1 Å². The zero-order valence-corrected chi connectivity index (χ0v) is 11.6. The number of esters is 1. The van der Waals surface area contributed by atoms with Crippen molar-refractivity contribution in [2.45, 2.75) is 26.3 Å². The Kier molecular flexibility index (Phi) is 4.12. The van der Waals surface area contributed by atoms with Crippen LogP contribution < -0.4 is 15.4 Å². The Morgan fingerprint density at radius 1 is 1.50 bits per heavy atom. The fraction of sp³-hybridized carbons (Fsp3) is 0.429. The molecule has 6 heteroatoms. The van der Waals surface area contributed by atoms with E-state index < -0.39 is 12.0 Å². The van der Waals surface area contributed by atoms with Gasteiger partial charge in [-0.2, -0.15) is 0 Å². The zero-order valence-electron chi connectivity index (χ0n) is 11.6. The highest BCUT2D eigenvalue weighted by Crippen LogP contribution is 2.38. The number of carbonyl (C=O) groups excluding carboxylic acids is 2. The minimum absolute atomic E-state index is 0.105. The number of fused-ring (bicyclic) bond motifs is 1. The van der Waals surface area contributed by atoms with E-state index in [0.717, 1.165) is 0 Å². The summed E-state index contributed by atoms with van der Waals surface area (Å²) in [4.78, 5) is 25.6. The van der Waals surface area contributed by atoms with Crippen LogP contribution in [0, 0.1) is 0 Å². The molecule has 1 unspecified atom stereocenters. The Morgan fingerprint density at radius 3 is 2.90 bits per heavy atom. The lowest BCUT2D eigenvalue weighted by atomic mass is 10.1.